The van der Waals surface area contributed by atoms with Crippen LogP contribution in [0.5, 0.6) is 5.75 Å². The second-order valence-corrected chi connectivity index (χ2v) is 8.30. The molecule has 0 aliphatic carbocycles. The minimum atomic E-state index is -0.142. The quantitative estimate of drug-likeness (QED) is 0.699. The van der Waals surface area contributed by atoms with E-state index >= 15 is 0 Å². The standard InChI is InChI=1S/C19H26N2O2S/c1-13(22)16(7-6-12-19(2,3)4)18-21-20-17(24-18)14-8-10-15(23-5)11-9-14/h8-11,16H,6-7,12H2,1-5H3. The maximum Gasteiger partial charge on any atom is 0.147 e. The molecule has 2 rings (SSSR count). The minimum Gasteiger partial charge on any atom is -0.497 e. The summed E-state index contributed by atoms with van der Waals surface area (Å²) in [4.78, 5) is 12.1. The van der Waals surface area contributed by atoms with Crippen molar-refractivity contribution in [1.29, 1.82) is 0 Å². The van der Waals surface area contributed by atoms with Crippen LogP contribution in [-0.2, 0) is 4.79 Å². The van der Waals surface area contributed by atoms with Gasteiger partial charge in [-0.25, -0.2) is 0 Å². The van der Waals surface area contributed by atoms with E-state index in [-0.39, 0.29) is 17.1 Å². The summed E-state index contributed by atoms with van der Waals surface area (Å²) in [5.74, 6) is 0.838. The van der Waals surface area contributed by atoms with E-state index in [0.717, 1.165) is 40.6 Å². The molecule has 0 aliphatic rings. The number of carbonyl (C=O) groups excluding carboxylic acids is 1. The average molecular weight is 346 g/mol. The molecule has 1 heterocycles. The molecule has 1 unspecified atom stereocenters. The summed E-state index contributed by atoms with van der Waals surface area (Å²) in [6.45, 7) is 8.32. The van der Waals surface area contributed by atoms with E-state index in [2.05, 4.69) is 31.0 Å². The molecule has 1 aromatic carbocycles. The Morgan fingerprint density at radius 2 is 1.88 bits per heavy atom. The summed E-state index contributed by atoms with van der Waals surface area (Å²) in [6.07, 6.45) is 2.95. The topological polar surface area (TPSA) is 52.1 Å². The van der Waals surface area contributed by atoms with Gasteiger partial charge in [-0.2, -0.15) is 0 Å². The first kappa shape index (κ1) is 18.6. The van der Waals surface area contributed by atoms with Gasteiger partial charge in [-0.1, -0.05) is 38.5 Å². The number of carbonyl (C=O) groups is 1. The monoisotopic (exact) mass is 346 g/mol. The molecule has 1 atom stereocenters. The SMILES string of the molecule is COc1ccc(-c2nnc(C(CCCC(C)(C)C)C(C)=O)s2)cc1. The van der Waals surface area contributed by atoms with Crippen molar-refractivity contribution in [2.75, 3.05) is 7.11 Å². The van der Waals surface area contributed by atoms with Crippen LogP contribution in [0.3, 0.4) is 0 Å². The molecule has 0 fully saturated rings. The second-order valence-electron chi connectivity index (χ2n) is 7.29. The molecule has 0 radical (unpaired) electrons. The minimum absolute atomic E-state index is 0.142. The summed E-state index contributed by atoms with van der Waals surface area (Å²) >= 11 is 1.51. The summed E-state index contributed by atoms with van der Waals surface area (Å²) in [5, 5.41) is 10.2. The number of ether oxygens (including phenoxy) is 1. The molecule has 2 aromatic rings. The van der Waals surface area contributed by atoms with Crippen LogP contribution in [0, 0.1) is 5.41 Å². The first-order chi connectivity index (χ1) is 11.3. The average Bonchev–Trinajstić information content (AvgIpc) is 2.99. The second kappa shape index (κ2) is 7.88. The lowest BCUT2D eigenvalue weighted by atomic mass is 9.87. The predicted molar refractivity (Wildman–Crippen MR) is 98.6 cm³/mol. The first-order valence-corrected chi connectivity index (χ1v) is 9.10. The van der Waals surface area contributed by atoms with E-state index < -0.39 is 0 Å². The van der Waals surface area contributed by atoms with Crippen LogP contribution in [0.25, 0.3) is 10.6 Å². The fourth-order valence-electron chi connectivity index (χ4n) is 2.56. The Labute approximate surface area is 148 Å². The van der Waals surface area contributed by atoms with Crippen LogP contribution >= 0.6 is 11.3 Å². The Hall–Kier alpha value is -1.75. The fourth-order valence-corrected chi connectivity index (χ4v) is 3.60. The van der Waals surface area contributed by atoms with Gasteiger partial charge in [-0.3, -0.25) is 4.79 Å². The van der Waals surface area contributed by atoms with Crippen molar-refractivity contribution in [1.82, 2.24) is 10.2 Å². The van der Waals surface area contributed by atoms with E-state index in [4.69, 9.17) is 4.74 Å². The van der Waals surface area contributed by atoms with Crippen molar-refractivity contribution in [3.05, 3.63) is 29.3 Å². The fraction of sp³-hybridized carbons (Fsp3) is 0.526. The van der Waals surface area contributed by atoms with E-state index in [1.165, 1.54) is 11.3 Å². The molecule has 0 N–H and O–H groups in total. The Balaban J connectivity index is 2.11. The van der Waals surface area contributed by atoms with Gasteiger partial charge < -0.3 is 4.74 Å². The normalized spacial score (nSPS) is 12.9. The van der Waals surface area contributed by atoms with Gasteiger partial charge in [0.2, 0.25) is 0 Å². The zero-order valence-corrected chi connectivity index (χ0v) is 15.9. The molecule has 0 saturated heterocycles. The smallest absolute Gasteiger partial charge is 0.147 e. The van der Waals surface area contributed by atoms with E-state index in [0.29, 0.717) is 0 Å². The van der Waals surface area contributed by atoms with Crippen LogP contribution in [0.1, 0.15) is 57.9 Å². The lowest BCUT2D eigenvalue weighted by molar-refractivity contribution is -0.118. The van der Waals surface area contributed by atoms with Crippen molar-refractivity contribution in [2.24, 2.45) is 5.41 Å². The van der Waals surface area contributed by atoms with Gasteiger partial charge in [0.25, 0.3) is 0 Å². The number of ketones is 1. The molecule has 24 heavy (non-hydrogen) atoms. The van der Waals surface area contributed by atoms with Gasteiger partial charge >= 0.3 is 0 Å². The van der Waals surface area contributed by atoms with Crippen LogP contribution in [0.2, 0.25) is 0 Å². The van der Waals surface area contributed by atoms with Gasteiger partial charge in [-0.15, -0.1) is 10.2 Å². The molecule has 0 aliphatic heterocycles. The van der Waals surface area contributed by atoms with Crippen LogP contribution in [0.4, 0.5) is 0 Å². The highest BCUT2D eigenvalue weighted by Crippen LogP contribution is 2.33. The third-order valence-corrected chi connectivity index (χ3v) is 5.07. The third kappa shape index (κ3) is 5.13. The molecule has 5 heteroatoms. The van der Waals surface area contributed by atoms with Crippen LogP contribution in [-0.4, -0.2) is 23.1 Å². The highest BCUT2D eigenvalue weighted by molar-refractivity contribution is 7.14. The van der Waals surface area contributed by atoms with Crippen molar-refractivity contribution < 1.29 is 9.53 Å². The predicted octanol–water partition coefficient (Wildman–Crippen LogP) is 5.10. The number of hydrogen-bond acceptors (Lipinski definition) is 5. The summed E-state index contributed by atoms with van der Waals surface area (Å²) in [7, 11) is 1.65. The highest BCUT2D eigenvalue weighted by atomic mass is 32.1. The molecule has 0 spiro atoms. The molecule has 4 nitrogen and oxygen atoms in total. The van der Waals surface area contributed by atoms with E-state index in [1.807, 2.05) is 24.3 Å². The first-order valence-electron chi connectivity index (χ1n) is 8.28. The summed E-state index contributed by atoms with van der Waals surface area (Å²) in [6, 6.07) is 7.74. The van der Waals surface area contributed by atoms with Gasteiger partial charge in [0.1, 0.15) is 21.5 Å². The van der Waals surface area contributed by atoms with Gasteiger partial charge in [0, 0.05) is 5.56 Å². The Kier molecular flexibility index (Phi) is 6.10. The summed E-state index contributed by atoms with van der Waals surface area (Å²) in [5.41, 5.74) is 1.29. The number of Topliss-reactive ketones (excluding diaryl/α,β-unsaturated/α-hetero) is 1. The Morgan fingerprint density at radius 3 is 2.42 bits per heavy atom. The maximum absolute atomic E-state index is 12.1. The van der Waals surface area contributed by atoms with Crippen LogP contribution in [0.15, 0.2) is 24.3 Å². The van der Waals surface area contributed by atoms with Crippen molar-refractivity contribution in [3.8, 4) is 16.3 Å². The van der Waals surface area contributed by atoms with E-state index in [9.17, 15) is 4.79 Å². The van der Waals surface area contributed by atoms with Crippen LogP contribution < -0.4 is 4.74 Å². The molecule has 0 saturated carbocycles. The van der Waals surface area contributed by atoms with Crippen molar-refractivity contribution in [3.63, 3.8) is 0 Å². The lowest BCUT2D eigenvalue weighted by Gasteiger charge is -2.19. The molecule has 130 valence electrons. The lowest BCUT2D eigenvalue weighted by Crippen LogP contribution is -2.11. The van der Waals surface area contributed by atoms with Gasteiger partial charge in [-0.05, 0) is 49.4 Å². The molecule has 0 bridgehead atoms. The molecular weight excluding hydrogens is 320 g/mol. The van der Waals surface area contributed by atoms with Crippen molar-refractivity contribution >= 4 is 17.1 Å². The largest absolute Gasteiger partial charge is 0.497 e. The Morgan fingerprint density at radius 1 is 1.21 bits per heavy atom. The molecular formula is C19H26N2O2S. The van der Waals surface area contributed by atoms with Gasteiger partial charge in [0.15, 0.2) is 0 Å². The maximum atomic E-state index is 12.1. The van der Waals surface area contributed by atoms with Crippen molar-refractivity contribution in [2.45, 2.75) is 52.9 Å². The number of nitrogens with zero attached hydrogens (tertiary/aromatic N) is 2. The number of hydrogen-bond donors (Lipinski definition) is 0. The number of methoxy groups -OCH3 is 1. The zero-order chi connectivity index (χ0) is 17.7. The highest BCUT2D eigenvalue weighted by Gasteiger charge is 2.22. The number of rotatable bonds is 7. The summed E-state index contributed by atoms with van der Waals surface area (Å²) < 4.78 is 5.17. The third-order valence-electron chi connectivity index (χ3n) is 3.99. The number of aromatic nitrogens is 2. The Bertz CT molecular complexity index is 671. The van der Waals surface area contributed by atoms with Gasteiger partial charge in [0.05, 0.1) is 13.0 Å². The number of benzene rings is 1. The molecule has 0 amide bonds. The molecule has 1 aromatic heterocycles. The van der Waals surface area contributed by atoms with E-state index in [1.54, 1.807) is 14.0 Å². The zero-order valence-electron chi connectivity index (χ0n) is 15.1.